The molecule has 4 aromatic carbocycles. The third-order valence-electron chi connectivity index (χ3n) is 7.19. The first-order valence-corrected chi connectivity index (χ1v) is 14.7. The lowest BCUT2D eigenvalue weighted by atomic mass is 9.97. The summed E-state index contributed by atoms with van der Waals surface area (Å²) in [5, 5.41) is 22.5. The van der Waals surface area contributed by atoms with Crippen molar-refractivity contribution in [2.75, 3.05) is 6.61 Å². The number of esters is 1. The number of carbonyl (C=O) groups excluding carboxylic acids is 1. The van der Waals surface area contributed by atoms with Crippen molar-refractivity contribution in [3.63, 3.8) is 0 Å². The van der Waals surface area contributed by atoms with Gasteiger partial charge < -0.3 is 28.4 Å². The number of hydrogen-bond donors (Lipinski definition) is 0. The summed E-state index contributed by atoms with van der Waals surface area (Å²) in [5.74, 6) is -0.121. The number of carbonyl (C=O) groups is 1. The lowest BCUT2D eigenvalue weighted by Crippen LogP contribution is -2.64. The number of nitrogens with zero attached hydrogens (tertiary/aromatic N) is 2. The average Bonchev–Trinajstić information content (AvgIpc) is 3.07. The molecule has 0 unspecified atom stereocenters. The van der Waals surface area contributed by atoms with Crippen molar-refractivity contribution in [3.8, 4) is 11.5 Å². The fourth-order valence-corrected chi connectivity index (χ4v) is 4.97. The van der Waals surface area contributed by atoms with E-state index < -0.39 is 46.5 Å². The van der Waals surface area contributed by atoms with Gasteiger partial charge in [0.05, 0.1) is 29.7 Å². The van der Waals surface area contributed by atoms with Gasteiger partial charge >= 0.3 is 5.97 Å². The van der Waals surface area contributed by atoms with E-state index in [2.05, 4.69) is 0 Å². The van der Waals surface area contributed by atoms with Crippen LogP contribution in [0.3, 0.4) is 0 Å². The van der Waals surface area contributed by atoms with E-state index in [1.807, 2.05) is 60.7 Å². The van der Waals surface area contributed by atoms with Gasteiger partial charge in [-0.3, -0.25) is 25.0 Å². The van der Waals surface area contributed by atoms with Gasteiger partial charge in [0.2, 0.25) is 6.29 Å². The van der Waals surface area contributed by atoms with Gasteiger partial charge in [0.25, 0.3) is 11.4 Å². The number of nitro groups is 2. The second-order valence-electron chi connectivity index (χ2n) is 10.6. The van der Waals surface area contributed by atoms with Crippen molar-refractivity contribution >= 4 is 17.3 Å². The van der Waals surface area contributed by atoms with Crippen LogP contribution < -0.4 is 9.47 Å². The minimum atomic E-state index is -1.18. The quantitative estimate of drug-likeness (QED) is 0.0929. The summed E-state index contributed by atoms with van der Waals surface area (Å²) >= 11 is 0. The topological polar surface area (TPSA) is 159 Å². The molecule has 0 amide bonds. The van der Waals surface area contributed by atoms with E-state index in [0.717, 1.165) is 11.1 Å². The van der Waals surface area contributed by atoms with Crippen LogP contribution in [0.4, 0.5) is 11.4 Å². The maximum Gasteiger partial charge on any atom is 0.303 e. The van der Waals surface area contributed by atoms with Gasteiger partial charge in [0.15, 0.2) is 18.3 Å². The van der Waals surface area contributed by atoms with Gasteiger partial charge in [-0.05, 0) is 35.4 Å². The van der Waals surface area contributed by atoms with Crippen LogP contribution in [0.5, 0.6) is 11.5 Å². The first-order valence-electron chi connectivity index (χ1n) is 14.7. The third-order valence-corrected chi connectivity index (χ3v) is 7.19. The molecule has 1 aliphatic heterocycles. The van der Waals surface area contributed by atoms with E-state index in [1.165, 1.54) is 55.5 Å². The summed E-state index contributed by atoms with van der Waals surface area (Å²) in [5.41, 5.74) is 1.48. The molecule has 13 nitrogen and oxygen atoms in total. The molecule has 0 aromatic heterocycles. The summed E-state index contributed by atoms with van der Waals surface area (Å²) in [4.78, 5) is 33.9. The van der Waals surface area contributed by atoms with Crippen LogP contribution >= 0.6 is 0 Å². The molecule has 1 saturated heterocycles. The Hall–Kier alpha value is -5.37. The molecule has 0 saturated carbocycles. The summed E-state index contributed by atoms with van der Waals surface area (Å²) in [6.45, 7) is 1.54. The molecule has 0 N–H and O–H groups in total. The van der Waals surface area contributed by atoms with Crippen molar-refractivity contribution in [2.45, 2.75) is 50.8 Å². The Balaban J connectivity index is 1.49. The number of benzene rings is 4. The summed E-state index contributed by atoms with van der Waals surface area (Å²) in [6, 6.07) is 29.7. The van der Waals surface area contributed by atoms with Gasteiger partial charge in [0.1, 0.15) is 17.6 Å². The normalized spacial score (nSPS) is 20.6. The molecule has 0 radical (unpaired) electrons. The minimum absolute atomic E-state index is 0.0432. The summed E-state index contributed by atoms with van der Waals surface area (Å²) in [7, 11) is 0. The van der Waals surface area contributed by atoms with Gasteiger partial charge in [-0.15, -0.1) is 0 Å². The second-order valence-corrected chi connectivity index (χ2v) is 10.6. The largest absolute Gasteiger partial charge is 0.483 e. The number of rotatable bonds is 14. The average molecular weight is 645 g/mol. The third kappa shape index (κ3) is 9.10. The zero-order valence-electron chi connectivity index (χ0n) is 25.3. The SMILES string of the molecule is CC(=O)O[C@@H]1[C@H](Oc2ccc([N+](=O)[O-])cc2)[C@@H](OCc2ccccc2)[C@@H](Oc2ccc([N+](=O)[O-])cc2)O[C@@H]1COCc1ccccc1. The van der Waals surface area contributed by atoms with E-state index in [0.29, 0.717) is 0 Å². The predicted molar refractivity (Wildman–Crippen MR) is 167 cm³/mol. The van der Waals surface area contributed by atoms with Gasteiger partial charge in [-0.1, -0.05) is 60.7 Å². The number of ether oxygens (including phenoxy) is 6. The van der Waals surface area contributed by atoms with Crippen LogP contribution in [0.25, 0.3) is 0 Å². The Kier molecular flexibility index (Phi) is 11.1. The van der Waals surface area contributed by atoms with Gasteiger partial charge in [-0.25, -0.2) is 0 Å². The van der Waals surface area contributed by atoms with Crippen molar-refractivity contribution in [1.29, 1.82) is 0 Å². The fourth-order valence-electron chi connectivity index (χ4n) is 4.97. The second kappa shape index (κ2) is 15.8. The van der Waals surface area contributed by atoms with E-state index in [1.54, 1.807) is 0 Å². The Morgan fingerprint density at radius 3 is 1.70 bits per heavy atom. The molecule has 5 rings (SSSR count). The first-order chi connectivity index (χ1) is 22.8. The van der Waals surface area contributed by atoms with Crippen molar-refractivity contribution < 1.29 is 43.1 Å². The molecule has 13 heteroatoms. The van der Waals surface area contributed by atoms with Crippen molar-refractivity contribution in [1.82, 2.24) is 0 Å². The molecule has 1 aliphatic rings. The first kappa shape index (κ1) is 33.0. The highest BCUT2D eigenvalue weighted by Gasteiger charge is 2.51. The Morgan fingerprint density at radius 1 is 0.681 bits per heavy atom. The molecule has 5 atom stereocenters. The summed E-state index contributed by atoms with van der Waals surface area (Å²) in [6.07, 6.45) is -5.29. The van der Waals surface area contributed by atoms with Gasteiger partial charge in [-0.2, -0.15) is 0 Å². The van der Waals surface area contributed by atoms with E-state index >= 15 is 0 Å². The zero-order chi connectivity index (χ0) is 33.2. The molecular weight excluding hydrogens is 612 g/mol. The maximum absolute atomic E-state index is 12.4. The smallest absolute Gasteiger partial charge is 0.303 e. The Labute approximate surface area is 269 Å². The number of non-ortho nitro benzene ring substituents is 2. The minimum Gasteiger partial charge on any atom is -0.483 e. The summed E-state index contributed by atoms with van der Waals surface area (Å²) < 4.78 is 37.2. The van der Waals surface area contributed by atoms with Crippen LogP contribution in [-0.4, -0.2) is 53.1 Å². The van der Waals surface area contributed by atoms with Crippen LogP contribution in [-0.2, 0) is 37.0 Å². The molecule has 0 aliphatic carbocycles. The molecule has 4 aromatic rings. The molecule has 1 fully saturated rings. The molecule has 1 heterocycles. The fraction of sp³-hybridized carbons (Fsp3) is 0.265. The molecule has 244 valence electrons. The molecule has 0 spiro atoms. The zero-order valence-corrected chi connectivity index (χ0v) is 25.3. The monoisotopic (exact) mass is 644 g/mol. The highest BCUT2D eigenvalue weighted by atomic mass is 16.7. The maximum atomic E-state index is 12.4. The van der Waals surface area contributed by atoms with E-state index in [-0.39, 0.29) is 42.7 Å². The molecular formula is C34H32N2O11. The highest BCUT2D eigenvalue weighted by Crippen LogP contribution is 2.33. The van der Waals surface area contributed by atoms with Gasteiger partial charge in [0, 0.05) is 31.2 Å². The number of hydrogen-bond acceptors (Lipinski definition) is 11. The Bertz CT molecular complexity index is 1620. The van der Waals surface area contributed by atoms with Crippen LogP contribution in [0, 0.1) is 20.2 Å². The van der Waals surface area contributed by atoms with Crippen LogP contribution in [0.2, 0.25) is 0 Å². The Morgan fingerprint density at radius 2 is 1.19 bits per heavy atom. The van der Waals surface area contributed by atoms with Crippen LogP contribution in [0.1, 0.15) is 18.1 Å². The molecule has 0 bridgehead atoms. The van der Waals surface area contributed by atoms with Crippen molar-refractivity contribution in [3.05, 3.63) is 141 Å². The molecule has 47 heavy (non-hydrogen) atoms. The number of nitro benzene ring substituents is 2. The predicted octanol–water partition coefficient (Wildman–Crippen LogP) is 5.79. The van der Waals surface area contributed by atoms with Crippen molar-refractivity contribution in [2.24, 2.45) is 0 Å². The highest BCUT2D eigenvalue weighted by molar-refractivity contribution is 5.66. The van der Waals surface area contributed by atoms with Crippen LogP contribution in [0.15, 0.2) is 109 Å². The van der Waals surface area contributed by atoms with E-state index in [4.69, 9.17) is 28.4 Å². The lowest BCUT2D eigenvalue weighted by Gasteiger charge is -2.45. The standard InChI is InChI=1S/C34H32N2O11/c1-23(37)44-31-30(22-42-20-24-8-4-2-5-9-24)47-34(46-29-18-14-27(15-19-29)36(40)41)33(43-21-25-10-6-3-7-11-25)32(31)45-28-16-12-26(13-17-28)35(38)39/h2-19,30-34H,20-22H2,1H3/t30-,31+,32+,33-,34+/m1/s1. The lowest BCUT2D eigenvalue weighted by molar-refractivity contribution is -0.385. The van der Waals surface area contributed by atoms with E-state index in [9.17, 15) is 25.0 Å².